The summed E-state index contributed by atoms with van der Waals surface area (Å²) in [6, 6.07) is 15.6. The van der Waals surface area contributed by atoms with Crippen molar-refractivity contribution in [1.82, 2.24) is 14.9 Å². The van der Waals surface area contributed by atoms with Crippen molar-refractivity contribution < 1.29 is 14.3 Å². The maximum atomic E-state index is 12.6. The number of nitrogens with zero attached hydrogens (tertiary/aromatic N) is 2. The van der Waals surface area contributed by atoms with Crippen LogP contribution in [0.4, 0.5) is 0 Å². The first-order valence-corrected chi connectivity index (χ1v) is 9.97. The molecule has 6 nitrogen and oxygen atoms in total. The van der Waals surface area contributed by atoms with Crippen molar-refractivity contribution in [2.24, 2.45) is 0 Å². The molecule has 0 bridgehead atoms. The van der Waals surface area contributed by atoms with Crippen LogP contribution in [0.2, 0.25) is 0 Å². The summed E-state index contributed by atoms with van der Waals surface area (Å²) in [5, 5.41) is -0.107. The number of thioether (sulfide) groups is 1. The van der Waals surface area contributed by atoms with Crippen molar-refractivity contribution in [3.63, 3.8) is 0 Å². The minimum atomic E-state index is -0.107. The zero-order valence-corrected chi connectivity index (χ0v) is 16.5. The summed E-state index contributed by atoms with van der Waals surface area (Å²) in [6.07, 6.45) is 1.82. The van der Waals surface area contributed by atoms with E-state index in [0.29, 0.717) is 18.0 Å². The number of methoxy groups -OCH3 is 2. The number of amides is 1. The third-order valence-electron chi connectivity index (χ3n) is 4.71. The standard InChI is InChI=1S/C21H21N3O3S/c1-26-16-9-8-15(18(10-16)27-2)12-24-19(25)13-28-21(24)17-11-22-20(23-17)14-6-4-3-5-7-14/h3-11,21H,12-13H2,1-2H3,(H,22,23). The average Bonchev–Trinajstić information content (AvgIpc) is 3.36. The summed E-state index contributed by atoms with van der Waals surface area (Å²) in [5.41, 5.74) is 2.88. The molecule has 0 radical (unpaired) electrons. The average molecular weight is 395 g/mol. The molecule has 1 aromatic heterocycles. The van der Waals surface area contributed by atoms with Gasteiger partial charge in [0.05, 0.1) is 38.4 Å². The van der Waals surface area contributed by atoms with Crippen molar-refractivity contribution in [3.8, 4) is 22.9 Å². The largest absolute Gasteiger partial charge is 0.497 e. The van der Waals surface area contributed by atoms with Crippen LogP contribution in [-0.4, -0.2) is 40.7 Å². The number of aromatic amines is 1. The Morgan fingerprint density at radius 1 is 1.18 bits per heavy atom. The normalized spacial score (nSPS) is 16.4. The number of imidazole rings is 1. The van der Waals surface area contributed by atoms with E-state index in [1.165, 1.54) is 0 Å². The van der Waals surface area contributed by atoms with E-state index in [1.54, 1.807) is 26.0 Å². The molecule has 2 heterocycles. The third-order valence-corrected chi connectivity index (χ3v) is 5.95. The minimum absolute atomic E-state index is 0.101. The number of rotatable bonds is 6. The van der Waals surface area contributed by atoms with E-state index in [0.717, 1.165) is 28.4 Å². The number of carbonyl (C=O) groups is 1. The zero-order valence-electron chi connectivity index (χ0n) is 15.7. The number of H-pyrrole nitrogens is 1. The molecule has 1 saturated heterocycles. The van der Waals surface area contributed by atoms with Crippen molar-refractivity contribution in [2.75, 3.05) is 20.0 Å². The van der Waals surface area contributed by atoms with E-state index in [-0.39, 0.29) is 11.3 Å². The van der Waals surface area contributed by atoms with Crippen LogP contribution in [0.5, 0.6) is 11.5 Å². The number of aromatic nitrogens is 2. The Bertz CT molecular complexity index is 974. The molecule has 2 aromatic carbocycles. The van der Waals surface area contributed by atoms with Gasteiger partial charge in [-0.05, 0) is 12.1 Å². The van der Waals surface area contributed by atoms with Gasteiger partial charge in [-0.25, -0.2) is 4.98 Å². The molecular formula is C21H21N3O3S. The molecule has 1 atom stereocenters. The van der Waals surface area contributed by atoms with Gasteiger partial charge in [0.25, 0.3) is 0 Å². The Labute approximate surface area is 167 Å². The second-order valence-electron chi connectivity index (χ2n) is 6.42. The molecule has 1 N–H and O–H groups in total. The van der Waals surface area contributed by atoms with Crippen LogP contribution in [-0.2, 0) is 11.3 Å². The predicted octanol–water partition coefficient (Wildman–Crippen LogP) is 3.87. The van der Waals surface area contributed by atoms with Crippen LogP contribution >= 0.6 is 11.8 Å². The molecule has 0 aliphatic carbocycles. The molecule has 1 amide bonds. The Morgan fingerprint density at radius 3 is 2.75 bits per heavy atom. The van der Waals surface area contributed by atoms with E-state index in [9.17, 15) is 4.79 Å². The summed E-state index contributed by atoms with van der Waals surface area (Å²) < 4.78 is 10.8. The number of hydrogen-bond donors (Lipinski definition) is 1. The number of nitrogens with one attached hydrogen (secondary N) is 1. The quantitative estimate of drug-likeness (QED) is 0.686. The van der Waals surface area contributed by atoms with Crippen molar-refractivity contribution in [3.05, 3.63) is 66.0 Å². The lowest BCUT2D eigenvalue weighted by Crippen LogP contribution is -2.28. The molecular weight excluding hydrogens is 374 g/mol. The van der Waals surface area contributed by atoms with Gasteiger partial charge in [-0.1, -0.05) is 30.3 Å². The number of hydrogen-bond acceptors (Lipinski definition) is 5. The Balaban J connectivity index is 1.59. The highest BCUT2D eigenvalue weighted by atomic mass is 32.2. The fourth-order valence-electron chi connectivity index (χ4n) is 3.25. The molecule has 4 rings (SSSR count). The molecule has 28 heavy (non-hydrogen) atoms. The maximum absolute atomic E-state index is 12.6. The molecule has 1 fully saturated rings. The van der Waals surface area contributed by atoms with Crippen molar-refractivity contribution in [2.45, 2.75) is 11.9 Å². The van der Waals surface area contributed by atoms with E-state index >= 15 is 0 Å². The number of benzene rings is 2. The fraction of sp³-hybridized carbons (Fsp3) is 0.238. The third kappa shape index (κ3) is 3.57. The van der Waals surface area contributed by atoms with Crippen LogP contribution in [0.25, 0.3) is 11.4 Å². The first kappa shape index (κ1) is 18.4. The highest BCUT2D eigenvalue weighted by Crippen LogP contribution is 2.40. The molecule has 3 aromatic rings. The van der Waals surface area contributed by atoms with Gasteiger partial charge in [-0.3, -0.25) is 4.79 Å². The second-order valence-corrected chi connectivity index (χ2v) is 7.48. The Kier molecular flexibility index (Phi) is 5.25. The summed E-state index contributed by atoms with van der Waals surface area (Å²) in [5.74, 6) is 2.78. The molecule has 144 valence electrons. The van der Waals surface area contributed by atoms with Crippen LogP contribution in [0.1, 0.15) is 16.6 Å². The van der Waals surface area contributed by atoms with Gasteiger partial charge in [0.2, 0.25) is 5.91 Å². The van der Waals surface area contributed by atoms with Crippen molar-refractivity contribution in [1.29, 1.82) is 0 Å². The molecule has 7 heteroatoms. The van der Waals surface area contributed by atoms with Gasteiger partial charge in [-0.2, -0.15) is 0 Å². The van der Waals surface area contributed by atoms with Gasteiger partial charge in [0.15, 0.2) is 0 Å². The lowest BCUT2D eigenvalue weighted by Gasteiger charge is -2.24. The van der Waals surface area contributed by atoms with Crippen LogP contribution in [0.15, 0.2) is 54.7 Å². The predicted molar refractivity (Wildman–Crippen MR) is 109 cm³/mol. The van der Waals surface area contributed by atoms with E-state index in [1.807, 2.05) is 59.6 Å². The minimum Gasteiger partial charge on any atom is -0.497 e. The summed E-state index contributed by atoms with van der Waals surface area (Å²) in [6.45, 7) is 0.462. The van der Waals surface area contributed by atoms with E-state index in [4.69, 9.17) is 9.47 Å². The molecule has 1 aliphatic heterocycles. The highest BCUT2D eigenvalue weighted by Gasteiger charge is 2.34. The summed E-state index contributed by atoms with van der Waals surface area (Å²) >= 11 is 1.60. The smallest absolute Gasteiger partial charge is 0.234 e. The first-order chi connectivity index (χ1) is 13.7. The van der Waals surface area contributed by atoms with E-state index < -0.39 is 0 Å². The molecule has 1 unspecified atom stereocenters. The van der Waals surface area contributed by atoms with Gasteiger partial charge in [0, 0.05) is 17.2 Å². The highest BCUT2D eigenvalue weighted by molar-refractivity contribution is 8.00. The molecule has 1 aliphatic rings. The molecule has 0 saturated carbocycles. The second kappa shape index (κ2) is 7.98. The monoisotopic (exact) mass is 395 g/mol. The SMILES string of the molecule is COc1ccc(CN2C(=O)CSC2c2cnc(-c3ccccc3)[nH]2)c(OC)c1. The first-order valence-electron chi connectivity index (χ1n) is 8.92. The van der Waals surface area contributed by atoms with Crippen LogP contribution < -0.4 is 9.47 Å². The van der Waals surface area contributed by atoms with Gasteiger partial charge in [-0.15, -0.1) is 11.8 Å². The van der Waals surface area contributed by atoms with Crippen LogP contribution in [0, 0.1) is 0 Å². The van der Waals surface area contributed by atoms with Gasteiger partial charge in [0.1, 0.15) is 22.7 Å². The van der Waals surface area contributed by atoms with E-state index in [2.05, 4.69) is 9.97 Å². The molecule has 0 spiro atoms. The number of ether oxygens (including phenoxy) is 2. The van der Waals surface area contributed by atoms with Crippen molar-refractivity contribution >= 4 is 17.7 Å². The lowest BCUT2D eigenvalue weighted by molar-refractivity contribution is -0.128. The topological polar surface area (TPSA) is 67.5 Å². The lowest BCUT2D eigenvalue weighted by atomic mass is 10.1. The van der Waals surface area contributed by atoms with Crippen LogP contribution in [0.3, 0.4) is 0 Å². The number of carbonyl (C=O) groups excluding carboxylic acids is 1. The van der Waals surface area contributed by atoms with Gasteiger partial charge >= 0.3 is 0 Å². The Hall–Kier alpha value is -2.93. The summed E-state index contributed by atoms with van der Waals surface area (Å²) in [7, 11) is 3.24. The Morgan fingerprint density at radius 2 is 2.00 bits per heavy atom. The van der Waals surface area contributed by atoms with Gasteiger partial charge < -0.3 is 19.4 Å². The zero-order chi connectivity index (χ0) is 19.5. The fourth-order valence-corrected chi connectivity index (χ4v) is 4.39. The summed E-state index contributed by atoms with van der Waals surface area (Å²) in [4.78, 5) is 22.3. The maximum Gasteiger partial charge on any atom is 0.234 e.